The van der Waals surface area contributed by atoms with E-state index in [0.29, 0.717) is 32.1 Å². The normalized spacial score (nSPS) is 39.2. The van der Waals surface area contributed by atoms with E-state index in [9.17, 15) is 27.6 Å². The highest BCUT2D eigenvalue weighted by molar-refractivity contribution is 7.85. The maximum absolute atomic E-state index is 13.8. The lowest BCUT2D eigenvalue weighted by Gasteiger charge is -2.58. The molecule has 1 N–H and O–H groups in total. The van der Waals surface area contributed by atoms with Crippen LogP contribution in [0.25, 0.3) is 0 Å². The summed E-state index contributed by atoms with van der Waals surface area (Å²) in [5.74, 6) is 0.0250. The monoisotopic (exact) mass is 524 g/mol. The van der Waals surface area contributed by atoms with Crippen molar-refractivity contribution >= 4 is 33.4 Å². The predicted octanol–water partition coefficient (Wildman–Crippen LogP) is 3.81. The summed E-state index contributed by atoms with van der Waals surface area (Å²) in [5, 5.41) is 0. The van der Waals surface area contributed by atoms with Crippen LogP contribution >= 0.6 is 0 Å². The first-order chi connectivity index (χ1) is 16.8. The number of Topliss-reactive ketones (excluding diaryl/α,β-unsaturated/α-hetero) is 3. The third-order valence-corrected chi connectivity index (χ3v) is 11.3. The van der Waals surface area contributed by atoms with E-state index in [1.807, 2.05) is 6.92 Å². The maximum Gasteiger partial charge on any atom is 0.305 e. The molecule has 4 aliphatic carbocycles. The van der Waals surface area contributed by atoms with E-state index in [4.69, 9.17) is 9.29 Å². The van der Waals surface area contributed by atoms with E-state index < -0.39 is 27.3 Å². The number of hydrogen-bond acceptors (Lipinski definition) is 7. The van der Waals surface area contributed by atoms with Crippen LogP contribution in [-0.2, 0) is 34.0 Å². The summed E-state index contributed by atoms with van der Waals surface area (Å²) in [6, 6.07) is 0. The number of carbonyl (C=O) groups excluding carboxylic acids is 4. The summed E-state index contributed by atoms with van der Waals surface area (Å²) in [7, 11) is -4.07. The van der Waals surface area contributed by atoms with E-state index >= 15 is 0 Å². The molecule has 9 heteroatoms. The van der Waals surface area contributed by atoms with Crippen LogP contribution in [0.1, 0.15) is 85.0 Å². The number of hydrogen-bond donors (Lipinski definition) is 1. The first-order valence-electron chi connectivity index (χ1n) is 13.5. The number of fused-ring (bicyclic) bond motifs is 5. The largest absolute Gasteiger partial charge is 0.466 e. The van der Waals surface area contributed by atoms with Crippen LogP contribution in [0.4, 0.5) is 0 Å². The maximum atomic E-state index is 13.8. The zero-order valence-corrected chi connectivity index (χ0v) is 22.5. The molecule has 4 rings (SSSR count). The molecule has 8 atom stereocenters. The Morgan fingerprint density at radius 3 is 2.53 bits per heavy atom. The molecule has 0 spiro atoms. The highest BCUT2D eigenvalue weighted by Gasteiger charge is 2.66. The third kappa shape index (κ3) is 4.94. The molecule has 4 aliphatic rings. The zero-order valence-electron chi connectivity index (χ0n) is 21.7. The fourth-order valence-electron chi connectivity index (χ4n) is 8.44. The summed E-state index contributed by atoms with van der Waals surface area (Å²) in [4.78, 5) is 51.6. The minimum absolute atomic E-state index is 0.0199. The summed E-state index contributed by atoms with van der Waals surface area (Å²) in [5.41, 5.74) is -0.713. The van der Waals surface area contributed by atoms with E-state index in [-0.39, 0.29) is 77.7 Å². The van der Waals surface area contributed by atoms with Gasteiger partial charge in [-0.05, 0) is 67.1 Å². The molecule has 0 saturated heterocycles. The van der Waals surface area contributed by atoms with Gasteiger partial charge in [0.15, 0.2) is 0 Å². The van der Waals surface area contributed by atoms with Gasteiger partial charge in [-0.2, -0.15) is 8.42 Å². The van der Waals surface area contributed by atoms with Crippen molar-refractivity contribution in [2.45, 2.75) is 85.0 Å². The minimum atomic E-state index is -4.07. The molecule has 0 radical (unpaired) electrons. The van der Waals surface area contributed by atoms with Gasteiger partial charge in [-0.1, -0.05) is 20.8 Å². The molecule has 4 saturated carbocycles. The van der Waals surface area contributed by atoms with E-state index in [0.717, 1.165) is 19.3 Å². The van der Waals surface area contributed by atoms with Gasteiger partial charge in [0, 0.05) is 43.4 Å². The van der Waals surface area contributed by atoms with Crippen molar-refractivity contribution in [3.8, 4) is 0 Å². The summed E-state index contributed by atoms with van der Waals surface area (Å²) in [6.07, 6.45) is 5.11. The van der Waals surface area contributed by atoms with Gasteiger partial charge in [-0.25, -0.2) is 0 Å². The minimum Gasteiger partial charge on any atom is -0.466 e. The zero-order chi connectivity index (χ0) is 26.5. The molecule has 8 nitrogen and oxygen atoms in total. The summed E-state index contributed by atoms with van der Waals surface area (Å²) in [6.45, 7) is 6.26. The van der Waals surface area contributed by atoms with Crippen LogP contribution in [0.2, 0.25) is 0 Å². The standard InChI is InChI=1S/C27H40O8S/c1-16(5-8-24(31)35-11-4-12-36(32,33)34)19-6-7-20-25-21(15-23(30)27(19,20)3)26(2)10-9-18(28)13-17(26)14-22(25)29/h16-17,19-21,25H,4-15H2,1-3H3,(H,32,33,34)/t16-,17?,19-,20+,21+,25+,26+,27-/m1/s1. The third-order valence-electron chi connectivity index (χ3n) is 10.5. The van der Waals surface area contributed by atoms with Crippen molar-refractivity contribution in [2.24, 2.45) is 46.3 Å². The van der Waals surface area contributed by atoms with E-state index in [1.165, 1.54) is 0 Å². The number of rotatable bonds is 8. The van der Waals surface area contributed by atoms with E-state index in [1.54, 1.807) is 0 Å². The highest BCUT2D eigenvalue weighted by atomic mass is 32.2. The van der Waals surface area contributed by atoms with Crippen LogP contribution in [0.15, 0.2) is 0 Å². The molecule has 0 amide bonds. The Morgan fingerprint density at radius 2 is 1.83 bits per heavy atom. The summed E-state index contributed by atoms with van der Waals surface area (Å²) >= 11 is 0. The van der Waals surface area contributed by atoms with Gasteiger partial charge in [-0.15, -0.1) is 0 Å². The lowest BCUT2D eigenvalue weighted by molar-refractivity contribution is -0.166. The van der Waals surface area contributed by atoms with Crippen molar-refractivity contribution in [1.82, 2.24) is 0 Å². The molecule has 0 heterocycles. The van der Waals surface area contributed by atoms with Gasteiger partial charge >= 0.3 is 5.97 Å². The average molecular weight is 525 g/mol. The van der Waals surface area contributed by atoms with Crippen molar-refractivity contribution in [2.75, 3.05) is 12.4 Å². The first kappa shape index (κ1) is 27.4. The van der Waals surface area contributed by atoms with Gasteiger partial charge in [0.25, 0.3) is 10.1 Å². The predicted molar refractivity (Wildman–Crippen MR) is 131 cm³/mol. The fourth-order valence-corrected chi connectivity index (χ4v) is 8.92. The van der Waals surface area contributed by atoms with Crippen molar-refractivity contribution in [3.05, 3.63) is 0 Å². The van der Waals surface area contributed by atoms with Crippen LogP contribution < -0.4 is 0 Å². The van der Waals surface area contributed by atoms with E-state index in [2.05, 4.69) is 13.8 Å². The number of carbonyl (C=O) groups is 4. The molecule has 0 bridgehead atoms. The number of esters is 1. The first-order valence-corrected chi connectivity index (χ1v) is 15.1. The highest BCUT2D eigenvalue weighted by Crippen LogP contribution is 2.66. The molecule has 0 aromatic heterocycles. The Bertz CT molecular complexity index is 1030. The van der Waals surface area contributed by atoms with Crippen LogP contribution in [0, 0.1) is 46.3 Å². The molecular formula is C27H40O8S. The Labute approximate surface area is 214 Å². The molecule has 1 unspecified atom stereocenters. The topological polar surface area (TPSA) is 132 Å². The second-order valence-electron chi connectivity index (χ2n) is 12.3. The Kier molecular flexibility index (Phi) is 7.57. The van der Waals surface area contributed by atoms with Gasteiger partial charge in [-0.3, -0.25) is 23.7 Å². The molecule has 202 valence electrons. The molecule has 0 aliphatic heterocycles. The van der Waals surface area contributed by atoms with Crippen LogP contribution in [0.3, 0.4) is 0 Å². The lowest BCUT2D eigenvalue weighted by Crippen LogP contribution is -2.60. The average Bonchev–Trinajstić information content (AvgIpc) is 3.15. The smallest absolute Gasteiger partial charge is 0.305 e. The second kappa shape index (κ2) is 9.93. The van der Waals surface area contributed by atoms with Gasteiger partial charge < -0.3 is 4.74 Å². The molecule has 36 heavy (non-hydrogen) atoms. The van der Waals surface area contributed by atoms with Gasteiger partial charge in [0.1, 0.15) is 17.3 Å². The fraction of sp³-hybridized carbons (Fsp3) is 0.852. The van der Waals surface area contributed by atoms with Gasteiger partial charge in [0.2, 0.25) is 0 Å². The lowest BCUT2D eigenvalue weighted by atomic mass is 9.44. The number of ether oxygens (including phenoxy) is 1. The second-order valence-corrected chi connectivity index (χ2v) is 13.9. The quantitative estimate of drug-likeness (QED) is 0.288. The Hall–Kier alpha value is -1.61. The Morgan fingerprint density at radius 1 is 1.11 bits per heavy atom. The number of ketones is 3. The molecule has 0 aromatic carbocycles. The summed E-state index contributed by atoms with van der Waals surface area (Å²) < 4.78 is 35.4. The van der Waals surface area contributed by atoms with Gasteiger partial charge in [0.05, 0.1) is 12.4 Å². The Balaban J connectivity index is 1.41. The molecular weight excluding hydrogens is 484 g/mol. The SMILES string of the molecule is C[C@H](CCC(=O)OCCCS(=O)(=O)O)[C@H]1CC[C@H]2[C@@H]3C(=O)CC4CC(=O)CC[C@]4(C)[C@H]3CC(=O)[C@]12C. The van der Waals surface area contributed by atoms with Crippen molar-refractivity contribution in [3.63, 3.8) is 0 Å². The van der Waals surface area contributed by atoms with Crippen LogP contribution in [0.5, 0.6) is 0 Å². The van der Waals surface area contributed by atoms with Crippen LogP contribution in [-0.4, -0.2) is 48.6 Å². The van der Waals surface area contributed by atoms with Crippen molar-refractivity contribution < 1.29 is 36.9 Å². The van der Waals surface area contributed by atoms with Crippen molar-refractivity contribution in [1.29, 1.82) is 0 Å². The molecule has 4 fully saturated rings. The molecule has 0 aromatic rings.